The van der Waals surface area contributed by atoms with Crippen molar-refractivity contribution in [2.75, 3.05) is 0 Å². The van der Waals surface area contributed by atoms with Crippen LogP contribution in [0.3, 0.4) is 0 Å². The third kappa shape index (κ3) is 4.15. The minimum absolute atomic E-state index is 0.184. The number of carbonyl (C=O) groups excluding carboxylic acids is 1. The first-order chi connectivity index (χ1) is 14.5. The standard InChI is InChI=1S/C23H22FN5O/c1-16-22(17(2)29(27-16)21-9-7-20(24)8-10-21)23(30)25-14-18-5-3-6-19(13-18)15-28-12-4-11-26-28/h3-13H,14-15H2,1-2H3,(H,25,30). The Kier molecular flexibility index (Phi) is 5.43. The molecule has 0 aliphatic heterocycles. The number of hydrogen-bond donors (Lipinski definition) is 1. The molecule has 1 N–H and O–H groups in total. The van der Waals surface area contributed by atoms with Gasteiger partial charge in [0.25, 0.3) is 5.91 Å². The van der Waals surface area contributed by atoms with Gasteiger partial charge in [0.15, 0.2) is 0 Å². The molecule has 0 fully saturated rings. The molecule has 4 rings (SSSR count). The zero-order valence-corrected chi connectivity index (χ0v) is 16.8. The first-order valence-electron chi connectivity index (χ1n) is 9.67. The number of hydrogen-bond acceptors (Lipinski definition) is 3. The van der Waals surface area contributed by atoms with Gasteiger partial charge in [-0.2, -0.15) is 10.2 Å². The third-order valence-corrected chi connectivity index (χ3v) is 4.94. The van der Waals surface area contributed by atoms with Gasteiger partial charge >= 0.3 is 0 Å². The van der Waals surface area contributed by atoms with Crippen molar-refractivity contribution in [1.82, 2.24) is 24.9 Å². The normalized spacial score (nSPS) is 10.9. The van der Waals surface area contributed by atoms with Crippen molar-refractivity contribution in [2.24, 2.45) is 0 Å². The van der Waals surface area contributed by atoms with Gasteiger partial charge in [0.2, 0.25) is 0 Å². The molecule has 6 nitrogen and oxygen atoms in total. The van der Waals surface area contributed by atoms with Crippen LogP contribution in [0, 0.1) is 19.7 Å². The van der Waals surface area contributed by atoms with Gasteiger partial charge in [-0.1, -0.05) is 24.3 Å². The molecule has 0 saturated heterocycles. The van der Waals surface area contributed by atoms with Crippen LogP contribution >= 0.6 is 0 Å². The van der Waals surface area contributed by atoms with Crippen LogP contribution in [0.25, 0.3) is 5.69 Å². The van der Waals surface area contributed by atoms with Crippen molar-refractivity contribution in [2.45, 2.75) is 26.9 Å². The van der Waals surface area contributed by atoms with Gasteiger partial charge in [-0.3, -0.25) is 9.48 Å². The fourth-order valence-corrected chi connectivity index (χ4v) is 3.49. The smallest absolute Gasteiger partial charge is 0.255 e. The van der Waals surface area contributed by atoms with Crippen LogP contribution in [0.4, 0.5) is 4.39 Å². The fraction of sp³-hybridized carbons (Fsp3) is 0.174. The number of nitrogens with zero attached hydrogens (tertiary/aromatic N) is 4. The van der Waals surface area contributed by atoms with Crippen molar-refractivity contribution in [3.8, 4) is 5.69 Å². The van der Waals surface area contributed by atoms with Crippen LogP contribution in [0.5, 0.6) is 0 Å². The van der Waals surface area contributed by atoms with Crippen molar-refractivity contribution in [1.29, 1.82) is 0 Å². The van der Waals surface area contributed by atoms with Gasteiger partial charge in [0, 0.05) is 18.9 Å². The minimum atomic E-state index is -0.312. The maximum Gasteiger partial charge on any atom is 0.255 e. The molecular formula is C23H22FN5O. The van der Waals surface area contributed by atoms with E-state index in [-0.39, 0.29) is 11.7 Å². The molecule has 0 aliphatic carbocycles. The predicted octanol–water partition coefficient (Wildman–Crippen LogP) is 3.80. The summed E-state index contributed by atoms with van der Waals surface area (Å²) >= 11 is 0. The first-order valence-corrected chi connectivity index (χ1v) is 9.67. The molecule has 0 aliphatic rings. The van der Waals surface area contributed by atoms with E-state index in [9.17, 15) is 9.18 Å². The van der Waals surface area contributed by atoms with E-state index in [1.165, 1.54) is 12.1 Å². The van der Waals surface area contributed by atoms with Gasteiger partial charge in [0.05, 0.1) is 29.2 Å². The predicted molar refractivity (Wildman–Crippen MR) is 112 cm³/mol. The van der Waals surface area contributed by atoms with Gasteiger partial charge < -0.3 is 5.32 Å². The van der Waals surface area contributed by atoms with E-state index in [1.54, 1.807) is 29.9 Å². The van der Waals surface area contributed by atoms with E-state index in [2.05, 4.69) is 21.6 Å². The number of amides is 1. The van der Waals surface area contributed by atoms with E-state index >= 15 is 0 Å². The molecule has 30 heavy (non-hydrogen) atoms. The lowest BCUT2D eigenvalue weighted by molar-refractivity contribution is 0.0949. The lowest BCUT2D eigenvalue weighted by Crippen LogP contribution is -2.24. The summed E-state index contributed by atoms with van der Waals surface area (Å²) in [5, 5.41) is 11.7. The average molecular weight is 403 g/mol. The summed E-state index contributed by atoms with van der Waals surface area (Å²) in [6, 6.07) is 16.0. The van der Waals surface area contributed by atoms with E-state index in [1.807, 2.05) is 42.1 Å². The number of benzene rings is 2. The highest BCUT2D eigenvalue weighted by molar-refractivity contribution is 5.96. The summed E-state index contributed by atoms with van der Waals surface area (Å²) in [6.07, 6.45) is 3.67. The van der Waals surface area contributed by atoms with E-state index in [0.29, 0.717) is 35.7 Å². The van der Waals surface area contributed by atoms with Crippen molar-refractivity contribution in [3.05, 3.63) is 101 Å². The second-order valence-electron chi connectivity index (χ2n) is 7.14. The number of halogens is 1. The van der Waals surface area contributed by atoms with Crippen LogP contribution in [0.15, 0.2) is 67.0 Å². The topological polar surface area (TPSA) is 64.7 Å². The highest BCUT2D eigenvalue weighted by Crippen LogP contribution is 2.18. The van der Waals surface area contributed by atoms with Crippen LogP contribution in [-0.2, 0) is 13.1 Å². The highest BCUT2D eigenvalue weighted by atomic mass is 19.1. The largest absolute Gasteiger partial charge is 0.348 e. The number of aryl methyl sites for hydroxylation is 1. The Morgan fingerprint density at radius 2 is 1.83 bits per heavy atom. The molecule has 152 valence electrons. The molecule has 4 aromatic rings. The van der Waals surface area contributed by atoms with Crippen molar-refractivity contribution >= 4 is 5.91 Å². The summed E-state index contributed by atoms with van der Waals surface area (Å²) < 4.78 is 16.7. The Morgan fingerprint density at radius 1 is 1.07 bits per heavy atom. The molecule has 0 saturated carbocycles. The number of carbonyl (C=O) groups is 1. The minimum Gasteiger partial charge on any atom is -0.348 e. The number of nitrogens with one attached hydrogen (secondary N) is 1. The Labute approximate surface area is 174 Å². The summed E-state index contributed by atoms with van der Waals surface area (Å²) in [6.45, 7) is 4.72. The van der Waals surface area contributed by atoms with E-state index < -0.39 is 0 Å². The second-order valence-corrected chi connectivity index (χ2v) is 7.14. The third-order valence-electron chi connectivity index (χ3n) is 4.94. The Balaban J connectivity index is 1.48. The molecule has 2 aromatic carbocycles. The summed E-state index contributed by atoms with van der Waals surface area (Å²) in [5.41, 5.74) is 4.70. The van der Waals surface area contributed by atoms with Crippen LogP contribution < -0.4 is 5.32 Å². The Bertz CT molecular complexity index is 1160. The van der Waals surface area contributed by atoms with Gasteiger partial charge in [-0.05, 0) is 55.3 Å². The van der Waals surface area contributed by atoms with E-state index in [4.69, 9.17) is 0 Å². The molecule has 0 unspecified atom stereocenters. The fourth-order valence-electron chi connectivity index (χ4n) is 3.49. The van der Waals surface area contributed by atoms with Crippen LogP contribution in [-0.4, -0.2) is 25.5 Å². The van der Waals surface area contributed by atoms with Crippen molar-refractivity contribution in [3.63, 3.8) is 0 Å². The Hall–Kier alpha value is -3.74. The molecule has 2 heterocycles. The maximum absolute atomic E-state index is 13.2. The van der Waals surface area contributed by atoms with Crippen molar-refractivity contribution < 1.29 is 9.18 Å². The molecule has 0 bridgehead atoms. The molecule has 0 spiro atoms. The van der Waals surface area contributed by atoms with Crippen LogP contribution in [0.1, 0.15) is 32.9 Å². The quantitative estimate of drug-likeness (QED) is 0.533. The Morgan fingerprint density at radius 3 is 2.57 bits per heavy atom. The average Bonchev–Trinajstić information content (AvgIpc) is 3.34. The molecule has 0 radical (unpaired) electrons. The lowest BCUT2D eigenvalue weighted by atomic mass is 10.1. The monoisotopic (exact) mass is 403 g/mol. The molecule has 1 amide bonds. The summed E-state index contributed by atoms with van der Waals surface area (Å²) in [7, 11) is 0. The summed E-state index contributed by atoms with van der Waals surface area (Å²) in [4.78, 5) is 12.9. The first kappa shape index (κ1) is 19.6. The lowest BCUT2D eigenvalue weighted by Gasteiger charge is -2.09. The SMILES string of the molecule is Cc1nn(-c2ccc(F)cc2)c(C)c1C(=O)NCc1cccc(Cn2cccn2)c1. The maximum atomic E-state index is 13.2. The zero-order valence-electron chi connectivity index (χ0n) is 16.8. The molecule has 7 heteroatoms. The second kappa shape index (κ2) is 8.32. The van der Waals surface area contributed by atoms with Gasteiger partial charge in [-0.25, -0.2) is 9.07 Å². The molecular weight excluding hydrogens is 381 g/mol. The number of rotatable bonds is 6. The summed E-state index contributed by atoms with van der Waals surface area (Å²) in [5.74, 6) is -0.496. The molecule has 2 aromatic heterocycles. The van der Waals surface area contributed by atoms with Gasteiger partial charge in [0.1, 0.15) is 5.82 Å². The van der Waals surface area contributed by atoms with Gasteiger partial charge in [-0.15, -0.1) is 0 Å². The zero-order chi connectivity index (χ0) is 21.1. The number of aromatic nitrogens is 4. The van der Waals surface area contributed by atoms with E-state index in [0.717, 1.165) is 11.1 Å². The highest BCUT2D eigenvalue weighted by Gasteiger charge is 2.19. The molecule has 0 atom stereocenters. The van der Waals surface area contributed by atoms with Crippen LogP contribution in [0.2, 0.25) is 0 Å².